The Morgan fingerprint density at radius 3 is 2.44 bits per heavy atom. The number of anilines is 1. The van der Waals surface area contributed by atoms with Gasteiger partial charge in [0.25, 0.3) is 5.91 Å². The summed E-state index contributed by atoms with van der Waals surface area (Å²) >= 11 is 0. The van der Waals surface area contributed by atoms with E-state index in [4.69, 9.17) is 0 Å². The first-order valence-corrected chi connectivity index (χ1v) is 11.5. The zero-order valence-electron chi connectivity index (χ0n) is 19.7. The van der Waals surface area contributed by atoms with E-state index in [1.165, 1.54) is 27.9 Å². The fourth-order valence-electron chi connectivity index (χ4n) is 4.43. The van der Waals surface area contributed by atoms with E-state index in [0.29, 0.717) is 17.9 Å². The van der Waals surface area contributed by atoms with Gasteiger partial charge in [-0.25, -0.2) is 0 Å². The fraction of sp³-hybridized carbons (Fsp3) is 0.172. The number of aryl methyl sites for hydroxylation is 2. The fourth-order valence-corrected chi connectivity index (χ4v) is 4.43. The van der Waals surface area contributed by atoms with Gasteiger partial charge in [0, 0.05) is 41.0 Å². The van der Waals surface area contributed by atoms with Crippen molar-refractivity contribution in [3.8, 4) is 0 Å². The Labute approximate surface area is 199 Å². The molecule has 0 unspecified atom stereocenters. The van der Waals surface area contributed by atoms with Gasteiger partial charge in [-0.2, -0.15) is 5.10 Å². The molecule has 2 aromatic heterocycles. The third-order valence-corrected chi connectivity index (χ3v) is 6.56. The lowest BCUT2D eigenvalue weighted by atomic mass is 10.1. The Balaban J connectivity index is 1.35. The van der Waals surface area contributed by atoms with Crippen LogP contribution in [0.4, 0.5) is 5.82 Å². The second kappa shape index (κ2) is 9.02. The van der Waals surface area contributed by atoms with Gasteiger partial charge in [0.2, 0.25) is 0 Å². The van der Waals surface area contributed by atoms with E-state index in [0.717, 1.165) is 17.4 Å². The molecule has 0 bridgehead atoms. The summed E-state index contributed by atoms with van der Waals surface area (Å²) in [6.07, 6.45) is 1.89. The SMILES string of the molecule is Cc1ccccc1Cn1ccc(NC(=O)c2ccc3c(c2)c(C)c(C)n3Cc2ccccc2)n1. The van der Waals surface area contributed by atoms with Gasteiger partial charge in [-0.15, -0.1) is 0 Å². The van der Waals surface area contributed by atoms with E-state index in [-0.39, 0.29) is 5.91 Å². The average Bonchev–Trinajstić information content (AvgIpc) is 3.38. The maximum atomic E-state index is 13.0. The van der Waals surface area contributed by atoms with Gasteiger partial charge in [0.1, 0.15) is 0 Å². The van der Waals surface area contributed by atoms with Gasteiger partial charge in [0.05, 0.1) is 6.54 Å². The van der Waals surface area contributed by atoms with E-state index in [1.54, 1.807) is 0 Å². The Kier molecular flexibility index (Phi) is 5.76. The van der Waals surface area contributed by atoms with E-state index in [9.17, 15) is 4.79 Å². The minimum absolute atomic E-state index is 0.157. The molecule has 5 rings (SSSR count). The Morgan fingerprint density at radius 2 is 1.65 bits per heavy atom. The number of aromatic nitrogens is 3. The number of carbonyl (C=O) groups excluding carboxylic acids is 1. The third-order valence-electron chi connectivity index (χ3n) is 6.56. The maximum absolute atomic E-state index is 13.0. The molecule has 2 heterocycles. The molecule has 0 fully saturated rings. The van der Waals surface area contributed by atoms with Crippen molar-refractivity contribution in [1.82, 2.24) is 14.3 Å². The highest BCUT2D eigenvalue weighted by atomic mass is 16.1. The van der Waals surface area contributed by atoms with Crippen LogP contribution >= 0.6 is 0 Å². The first-order valence-electron chi connectivity index (χ1n) is 11.5. The highest BCUT2D eigenvalue weighted by Crippen LogP contribution is 2.27. The van der Waals surface area contributed by atoms with Crippen molar-refractivity contribution in [3.63, 3.8) is 0 Å². The van der Waals surface area contributed by atoms with Crippen LogP contribution < -0.4 is 5.32 Å². The number of nitrogens with one attached hydrogen (secondary N) is 1. The molecule has 5 aromatic rings. The van der Waals surface area contributed by atoms with Crippen LogP contribution in [0, 0.1) is 20.8 Å². The third kappa shape index (κ3) is 4.25. The topological polar surface area (TPSA) is 51.9 Å². The minimum Gasteiger partial charge on any atom is -0.340 e. The lowest BCUT2D eigenvalue weighted by Crippen LogP contribution is -2.13. The lowest BCUT2D eigenvalue weighted by Gasteiger charge is -2.09. The number of fused-ring (bicyclic) bond motifs is 1. The van der Waals surface area contributed by atoms with Crippen molar-refractivity contribution >= 4 is 22.6 Å². The molecule has 0 saturated heterocycles. The van der Waals surface area contributed by atoms with Gasteiger partial charge in [0.15, 0.2) is 5.82 Å². The molecule has 5 nitrogen and oxygen atoms in total. The zero-order chi connectivity index (χ0) is 23.7. The van der Waals surface area contributed by atoms with Gasteiger partial charge in [-0.1, -0.05) is 54.6 Å². The summed E-state index contributed by atoms with van der Waals surface area (Å²) in [5.41, 5.74) is 7.86. The van der Waals surface area contributed by atoms with Gasteiger partial charge in [-0.05, 0) is 61.2 Å². The summed E-state index contributed by atoms with van der Waals surface area (Å²) in [4.78, 5) is 13.0. The van der Waals surface area contributed by atoms with Crippen LogP contribution in [0.25, 0.3) is 10.9 Å². The molecule has 170 valence electrons. The molecular weight excluding hydrogens is 420 g/mol. The van der Waals surface area contributed by atoms with Crippen LogP contribution in [0.2, 0.25) is 0 Å². The van der Waals surface area contributed by atoms with Crippen molar-refractivity contribution < 1.29 is 4.79 Å². The largest absolute Gasteiger partial charge is 0.340 e. The first kappa shape index (κ1) is 21.7. The molecule has 0 aliphatic heterocycles. The molecule has 34 heavy (non-hydrogen) atoms. The van der Waals surface area contributed by atoms with E-state index in [1.807, 2.05) is 53.3 Å². The molecule has 0 radical (unpaired) electrons. The molecule has 1 amide bonds. The monoisotopic (exact) mass is 448 g/mol. The van der Waals surface area contributed by atoms with Gasteiger partial charge >= 0.3 is 0 Å². The number of hydrogen-bond acceptors (Lipinski definition) is 2. The minimum atomic E-state index is -0.157. The van der Waals surface area contributed by atoms with Crippen LogP contribution in [0.1, 0.15) is 38.3 Å². The number of amides is 1. The second-order valence-corrected chi connectivity index (χ2v) is 8.79. The van der Waals surface area contributed by atoms with Crippen LogP contribution in [0.15, 0.2) is 85.1 Å². The van der Waals surface area contributed by atoms with Crippen LogP contribution in [0.5, 0.6) is 0 Å². The Bertz CT molecular complexity index is 1480. The smallest absolute Gasteiger partial charge is 0.256 e. The zero-order valence-corrected chi connectivity index (χ0v) is 19.7. The Morgan fingerprint density at radius 1 is 0.882 bits per heavy atom. The summed E-state index contributed by atoms with van der Waals surface area (Å²) in [5, 5.41) is 8.59. The Hall–Kier alpha value is -4.12. The predicted molar refractivity (Wildman–Crippen MR) is 137 cm³/mol. The van der Waals surface area contributed by atoms with Crippen molar-refractivity contribution in [2.45, 2.75) is 33.9 Å². The van der Waals surface area contributed by atoms with E-state index >= 15 is 0 Å². The molecule has 5 heteroatoms. The van der Waals surface area contributed by atoms with Crippen LogP contribution in [-0.4, -0.2) is 20.3 Å². The maximum Gasteiger partial charge on any atom is 0.256 e. The molecule has 0 spiro atoms. The van der Waals surface area contributed by atoms with Crippen molar-refractivity contribution in [2.75, 3.05) is 5.32 Å². The normalized spacial score (nSPS) is 11.1. The molecule has 0 saturated carbocycles. The lowest BCUT2D eigenvalue weighted by molar-refractivity contribution is 0.102. The van der Waals surface area contributed by atoms with Crippen molar-refractivity contribution in [2.24, 2.45) is 0 Å². The average molecular weight is 449 g/mol. The number of benzene rings is 3. The van der Waals surface area contributed by atoms with E-state index in [2.05, 4.69) is 72.2 Å². The molecule has 0 aliphatic rings. The highest BCUT2D eigenvalue weighted by molar-refractivity contribution is 6.06. The summed E-state index contributed by atoms with van der Waals surface area (Å²) in [6, 6.07) is 26.4. The number of carbonyl (C=O) groups is 1. The summed E-state index contributed by atoms with van der Waals surface area (Å²) in [7, 11) is 0. The predicted octanol–water partition coefficient (Wildman–Crippen LogP) is 6.11. The van der Waals surface area contributed by atoms with Crippen molar-refractivity contribution in [3.05, 3.63) is 119 Å². The van der Waals surface area contributed by atoms with Crippen molar-refractivity contribution in [1.29, 1.82) is 0 Å². The van der Waals surface area contributed by atoms with E-state index < -0.39 is 0 Å². The quantitative estimate of drug-likeness (QED) is 0.341. The second-order valence-electron chi connectivity index (χ2n) is 8.79. The molecular formula is C29H28N4O. The number of nitrogens with zero attached hydrogens (tertiary/aromatic N) is 3. The first-order chi connectivity index (χ1) is 16.5. The number of rotatable bonds is 6. The number of hydrogen-bond donors (Lipinski definition) is 1. The highest BCUT2D eigenvalue weighted by Gasteiger charge is 2.15. The van der Waals surface area contributed by atoms with Gasteiger partial charge in [-0.3, -0.25) is 9.48 Å². The summed E-state index contributed by atoms with van der Waals surface area (Å²) in [6.45, 7) is 7.82. The molecule has 3 aromatic carbocycles. The standard InChI is InChI=1S/C29H28N4O/c1-20-9-7-8-12-25(20)19-32-16-15-28(31-32)30-29(34)24-13-14-27-26(17-24)21(2)22(3)33(27)18-23-10-5-4-6-11-23/h4-17H,18-19H2,1-3H3,(H,30,31,34). The molecule has 0 atom stereocenters. The van der Waals surface area contributed by atoms with Gasteiger partial charge < -0.3 is 9.88 Å². The summed E-state index contributed by atoms with van der Waals surface area (Å²) < 4.78 is 4.16. The summed E-state index contributed by atoms with van der Waals surface area (Å²) in [5.74, 6) is 0.393. The van der Waals surface area contributed by atoms with Crippen LogP contribution in [0.3, 0.4) is 0 Å². The molecule has 0 aliphatic carbocycles. The van der Waals surface area contributed by atoms with Crippen LogP contribution in [-0.2, 0) is 13.1 Å². The molecule has 1 N–H and O–H groups in total.